The summed E-state index contributed by atoms with van der Waals surface area (Å²) in [4.78, 5) is 0. The summed E-state index contributed by atoms with van der Waals surface area (Å²) >= 11 is 0. The Bertz CT molecular complexity index is 280. The Labute approximate surface area is 66.3 Å². The molecule has 5 nitrogen and oxygen atoms in total. The lowest BCUT2D eigenvalue weighted by Gasteiger charge is -2.17. The zero-order valence-corrected chi connectivity index (χ0v) is 7.51. The van der Waals surface area contributed by atoms with Gasteiger partial charge in [-0.1, -0.05) is 4.41 Å². The third kappa shape index (κ3) is 1.51. The number of hydrogen-bond donors (Lipinski definition) is 1. The molecule has 0 fully saturated rings. The molecule has 6 heteroatoms. The Hall–Kier alpha value is -0.620. The highest BCUT2D eigenvalue weighted by atomic mass is 32.2. The van der Waals surface area contributed by atoms with Gasteiger partial charge in [0.05, 0.1) is 0 Å². The summed E-state index contributed by atoms with van der Waals surface area (Å²) < 4.78 is 26.7. The molecule has 64 valence electrons. The molecule has 0 atom stereocenters. The quantitative estimate of drug-likeness (QED) is 0.607. The second kappa shape index (κ2) is 2.46. The van der Waals surface area contributed by atoms with Gasteiger partial charge in [0.1, 0.15) is 5.84 Å². The van der Waals surface area contributed by atoms with E-state index in [1.807, 2.05) is 0 Å². The van der Waals surface area contributed by atoms with Gasteiger partial charge in [0.25, 0.3) is 0 Å². The molecule has 0 bridgehead atoms. The van der Waals surface area contributed by atoms with Crippen LogP contribution in [0.15, 0.2) is 4.40 Å². The first kappa shape index (κ1) is 8.48. The number of nitrogens with zero attached hydrogens (tertiary/aromatic N) is 2. The molecule has 0 radical (unpaired) electrons. The Morgan fingerprint density at radius 1 is 1.55 bits per heavy atom. The number of hydrogen-bond acceptors (Lipinski definition) is 3. The van der Waals surface area contributed by atoms with Crippen LogP contribution in [-0.4, -0.2) is 24.7 Å². The summed E-state index contributed by atoms with van der Waals surface area (Å²) in [5.41, 5.74) is 2.64. The Morgan fingerprint density at radius 2 is 2.09 bits per heavy atom. The average molecular weight is 177 g/mol. The van der Waals surface area contributed by atoms with Crippen LogP contribution in [0.3, 0.4) is 0 Å². The van der Waals surface area contributed by atoms with Gasteiger partial charge in [-0.3, -0.25) is 5.43 Å². The number of amidine groups is 1. The number of nitrogens with one attached hydrogen (secondary N) is 1. The fraction of sp³-hybridized carbons (Fsp3) is 0.800. The summed E-state index contributed by atoms with van der Waals surface area (Å²) in [6.07, 6.45) is 0. The molecule has 0 aliphatic carbocycles. The van der Waals surface area contributed by atoms with Gasteiger partial charge in [-0.15, -0.1) is 4.40 Å². The lowest BCUT2D eigenvalue weighted by atomic mass is 10.4. The zero-order chi connectivity index (χ0) is 8.65. The Balaban J connectivity index is 2.94. The Kier molecular flexibility index (Phi) is 1.89. The summed E-state index contributed by atoms with van der Waals surface area (Å²) in [7, 11) is -3.43. The summed E-state index contributed by atoms with van der Waals surface area (Å²) in [5.74, 6) is 0.415. The van der Waals surface area contributed by atoms with Crippen molar-refractivity contribution in [2.45, 2.75) is 26.8 Å². The fourth-order valence-electron chi connectivity index (χ4n) is 0.850. The standard InChI is InChI=1S/C5H11N3O2S/c1-4(2)8-6-5(3)7-11(8,9)10/h4H,1-3H3,(H,6,7). The van der Waals surface area contributed by atoms with Gasteiger partial charge in [0.15, 0.2) is 0 Å². The van der Waals surface area contributed by atoms with E-state index in [1.54, 1.807) is 20.8 Å². The van der Waals surface area contributed by atoms with E-state index in [0.717, 1.165) is 4.41 Å². The third-order valence-corrected chi connectivity index (χ3v) is 2.76. The SMILES string of the molecule is CC1=NS(=O)(=O)N(C(C)C)N1. The van der Waals surface area contributed by atoms with Crippen LogP contribution in [0, 0.1) is 0 Å². The molecule has 1 heterocycles. The molecular formula is C5H11N3O2S. The van der Waals surface area contributed by atoms with Crippen molar-refractivity contribution in [3.8, 4) is 0 Å². The first-order valence-electron chi connectivity index (χ1n) is 3.31. The van der Waals surface area contributed by atoms with Crippen LogP contribution in [-0.2, 0) is 10.2 Å². The third-order valence-electron chi connectivity index (χ3n) is 1.24. The van der Waals surface area contributed by atoms with Crippen molar-refractivity contribution in [1.29, 1.82) is 0 Å². The maximum absolute atomic E-state index is 11.1. The monoisotopic (exact) mass is 177 g/mol. The van der Waals surface area contributed by atoms with Crippen molar-refractivity contribution < 1.29 is 8.42 Å². The van der Waals surface area contributed by atoms with E-state index in [1.165, 1.54) is 0 Å². The summed E-state index contributed by atoms with van der Waals surface area (Å²) in [6.45, 7) is 5.16. The molecule has 0 aromatic carbocycles. The molecule has 0 spiro atoms. The van der Waals surface area contributed by atoms with Crippen LogP contribution >= 0.6 is 0 Å². The van der Waals surface area contributed by atoms with Crippen LogP contribution in [0.5, 0.6) is 0 Å². The molecule has 1 N–H and O–H groups in total. The Morgan fingerprint density at radius 3 is 2.27 bits per heavy atom. The number of hydrazine groups is 1. The fourth-order valence-corrected chi connectivity index (χ4v) is 2.11. The summed E-state index contributed by atoms with van der Waals surface area (Å²) in [6, 6.07) is -0.110. The largest absolute Gasteiger partial charge is 0.341 e. The highest BCUT2D eigenvalue weighted by molar-refractivity contribution is 7.88. The predicted octanol–water partition coefficient (Wildman–Crippen LogP) is -0.122. The number of rotatable bonds is 1. The molecule has 0 saturated heterocycles. The molecule has 1 aliphatic heterocycles. The van der Waals surface area contributed by atoms with E-state index >= 15 is 0 Å². The second-order valence-corrected chi connectivity index (χ2v) is 4.13. The van der Waals surface area contributed by atoms with Crippen molar-refractivity contribution >= 4 is 16.0 Å². The molecular weight excluding hydrogens is 166 g/mol. The van der Waals surface area contributed by atoms with Crippen molar-refractivity contribution in [1.82, 2.24) is 9.84 Å². The second-order valence-electron chi connectivity index (χ2n) is 2.66. The van der Waals surface area contributed by atoms with Gasteiger partial charge in [-0.05, 0) is 20.8 Å². The van der Waals surface area contributed by atoms with Crippen LogP contribution in [0.1, 0.15) is 20.8 Å². The van der Waals surface area contributed by atoms with Crippen LogP contribution in [0.4, 0.5) is 0 Å². The molecule has 0 saturated carbocycles. The molecule has 1 rings (SSSR count). The smallest absolute Gasteiger partial charge is 0.291 e. The normalized spacial score (nSPS) is 23.5. The van der Waals surface area contributed by atoms with Gasteiger partial charge < -0.3 is 0 Å². The minimum atomic E-state index is -3.43. The van der Waals surface area contributed by atoms with Gasteiger partial charge >= 0.3 is 10.2 Å². The van der Waals surface area contributed by atoms with E-state index in [2.05, 4.69) is 9.82 Å². The van der Waals surface area contributed by atoms with Crippen molar-refractivity contribution in [3.05, 3.63) is 0 Å². The summed E-state index contributed by atoms with van der Waals surface area (Å²) in [5, 5.41) is 0. The lowest BCUT2D eigenvalue weighted by molar-refractivity contribution is 0.330. The van der Waals surface area contributed by atoms with Gasteiger partial charge in [-0.2, -0.15) is 8.42 Å². The zero-order valence-electron chi connectivity index (χ0n) is 6.70. The van der Waals surface area contributed by atoms with Crippen molar-refractivity contribution in [3.63, 3.8) is 0 Å². The molecule has 11 heavy (non-hydrogen) atoms. The minimum absolute atomic E-state index is 0.110. The maximum Gasteiger partial charge on any atom is 0.341 e. The first-order chi connectivity index (χ1) is 4.93. The average Bonchev–Trinajstić information content (AvgIpc) is 2.04. The van der Waals surface area contributed by atoms with Gasteiger partial charge in [-0.25, -0.2) is 0 Å². The topological polar surface area (TPSA) is 61.8 Å². The van der Waals surface area contributed by atoms with Crippen molar-refractivity contribution in [2.24, 2.45) is 4.40 Å². The molecule has 0 aromatic rings. The van der Waals surface area contributed by atoms with Crippen LogP contribution in [0.25, 0.3) is 0 Å². The van der Waals surface area contributed by atoms with Crippen molar-refractivity contribution in [2.75, 3.05) is 0 Å². The molecule has 0 unspecified atom stereocenters. The van der Waals surface area contributed by atoms with E-state index in [4.69, 9.17) is 0 Å². The van der Waals surface area contributed by atoms with Gasteiger partial charge in [0, 0.05) is 6.04 Å². The maximum atomic E-state index is 11.1. The lowest BCUT2D eigenvalue weighted by Crippen LogP contribution is -2.42. The minimum Gasteiger partial charge on any atom is -0.291 e. The van der Waals surface area contributed by atoms with E-state index in [0.29, 0.717) is 5.84 Å². The highest BCUT2D eigenvalue weighted by Crippen LogP contribution is 2.10. The van der Waals surface area contributed by atoms with E-state index in [9.17, 15) is 8.42 Å². The van der Waals surface area contributed by atoms with E-state index in [-0.39, 0.29) is 6.04 Å². The van der Waals surface area contributed by atoms with Crippen LogP contribution < -0.4 is 5.43 Å². The predicted molar refractivity (Wildman–Crippen MR) is 42.1 cm³/mol. The highest BCUT2D eigenvalue weighted by Gasteiger charge is 2.30. The molecule has 1 aliphatic rings. The van der Waals surface area contributed by atoms with Crippen LogP contribution in [0.2, 0.25) is 0 Å². The molecule has 0 amide bonds. The van der Waals surface area contributed by atoms with E-state index < -0.39 is 10.2 Å². The first-order valence-corrected chi connectivity index (χ1v) is 4.71. The van der Waals surface area contributed by atoms with Gasteiger partial charge in [0.2, 0.25) is 0 Å². The molecule has 0 aromatic heterocycles.